The van der Waals surface area contributed by atoms with Gasteiger partial charge >= 0.3 is 0 Å². The third-order valence-electron chi connectivity index (χ3n) is 4.43. The van der Waals surface area contributed by atoms with Gasteiger partial charge in [-0.1, -0.05) is 12.1 Å². The number of hydrogen-bond acceptors (Lipinski definition) is 6. The predicted molar refractivity (Wildman–Crippen MR) is 101 cm³/mol. The van der Waals surface area contributed by atoms with Crippen molar-refractivity contribution in [2.45, 2.75) is 13.0 Å². The number of pyridine rings is 2. The Labute approximate surface area is 154 Å². The molecular formula is C19H25N5O2. The van der Waals surface area contributed by atoms with Gasteiger partial charge in [-0.2, -0.15) is 0 Å². The van der Waals surface area contributed by atoms with Crippen molar-refractivity contribution in [3.63, 3.8) is 0 Å². The van der Waals surface area contributed by atoms with Crippen molar-refractivity contribution in [2.75, 3.05) is 49.7 Å². The summed E-state index contributed by atoms with van der Waals surface area (Å²) in [4.78, 5) is 25.4. The van der Waals surface area contributed by atoms with Crippen molar-refractivity contribution in [2.24, 2.45) is 0 Å². The Bertz CT molecular complexity index is 702. The molecule has 0 radical (unpaired) electrons. The van der Waals surface area contributed by atoms with Gasteiger partial charge in [-0.25, -0.2) is 9.97 Å². The van der Waals surface area contributed by atoms with E-state index in [0.717, 1.165) is 43.4 Å². The van der Waals surface area contributed by atoms with Gasteiger partial charge in [-0.3, -0.25) is 4.79 Å². The van der Waals surface area contributed by atoms with E-state index in [4.69, 9.17) is 4.74 Å². The minimum absolute atomic E-state index is 0.0124. The SMILES string of the molecule is COCCC(=O)NCc1cccnc1N1CCN(c2ccccn2)CC1. The number of amides is 1. The van der Waals surface area contributed by atoms with Crippen LogP contribution in [0.5, 0.6) is 0 Å². The molecule has 0 unspecified atom stereocenters. The van der Waals surface area contributed by atoms with E-state index in [0.29, 0.717) is 19.6 Å². The molecule has 26 heavy (non-hydrogen) atoms. The van der Waals surface area contributed by atoms with Crippen LogP contribution in [0, 0.1) is 0 Å². The number of hydrogen-bond donors (Lipinski definition) is 1. The van der Waals surface area contributed by atoms with Crippen LogP contribution in [-0.4, -0.2) is 55.8 Å². The van der Waals surface area contributed by atoms with Crippen LogP contribution in [-0.2, 0) is 16.1 Å². The summed E-state index contributed by atoms with van der Waals surface area (Å²) in [5.74, 6) is 1.95. The first-order valence-corrected chi connectivity index (χ1v) is 8.88. The predicted octanol–water partition coefficient (Wildman–Crippen LogP) is 1.46. The van der Waals surface area contributed by atoms with E-state index in [9.17, 15) is 4.79 Å². The zero-order chi connectivity index (χ0) is 18.2. The van der Waals surface area contributed by atoms with Crippen LogP contribution >= 0.6 is 0 Å². The molecule has 1 N–H and O–H groups in total. The van der Waals surface area contributed by atoms with E-state index < -0.39 is 0 Å². The molecule has 3 heterocycles. The molecule has 7 nitrogen and oxygen atoms in total. The molecule has 2 aromatic rings. The lowest BCUT2D eigenvalue weighted by molar-refractivity contribution is -0.122. The van der Waals surface area contributed by atoms with Crippen LogP contribution in [0.25, 0.3) is 0 Å². The van der Waals surface area contributed by atoms with E-state index in [1.54, 1.807) is 13.3 Å². The molecule has 0 bridgehead atoms. The van der Waals surface area contributed by atoms with E-state index in [1.807, 2.05) is 36.5 Å². The fourth-order valence-corrected chi connectivity index (χ4v) is 3.02. The van der Waals surface area contributed by atoms with Crippen molar-refractivity contribution in [3.8, 4) is 0 Å². The summed E-state index contributed by atoms with van der Waals surface area (Å²) in [5.41, 5.74) is 1.03. The van der Waals surface area contributed by atoms with E-state index in [2.05, 4.69) is 25.1 Å². The number of methoxy groups -OCH3 is 1. The molecule has 0 spiro atoms. The molecule has 1 aliphatic rings. The Morgan fingerprint density at radius 1 is 1.08 bits per heavy atom. The Kier molecular flexibility index (Phi) is 6.38. The quantitative estimate of drug-likeness (QED) is 0.811. The first-order chi connectivity index (χ1) is 12.8. The highest BCUT2D eigenvalue weighted by Gasteiger charge is 2.20. The van der Waals surface area contributed by atoms with Crippen molar-refractivity contribution >= 4 is 17.5 Å². The van der Waals surface area contributed by atoms with Gasteiger partial charge in [0.15, 0.2) is 0 Å². The van der Waals surface area contributed by atoms with E-state index in [1.165, 1.54) is 0 Å². The second-order valence-corrected chi connectivity index (χ2v) is 6.17. The van der Waals surface area contributed by atoms with Crippen LogP contribution in [0.15, 0.2) is 42.7 Å². The van der Waals surface area contributed by atoms with Gasteiger partial charge in [0.2, 0.25) is 5.91 Å². The minimum Gasteiger partial charge on any atom is -0.384 e. The first kappa shape index (κ1) is 18.1. The van der Waals surface area contributed by atoms with Gasteiger partial charge < -0.3 is 19.9 Å². The van der Waals surface area contributed by atoms with E-state index in [-0.39, 0.29) is 5.91 Å². The number of carbonyl (C=O) groups excluding carboxylic acids is 1. The molecule has 1 fully saturated rings. The Morgan fingerprint density at radius 3 is 2.58 bits per heavy atom. The zero-order valence-corrected chi connectivity index (χ0v) is 15.1. The number of anilines is 2. The van der Waals surface area contributed by atoms with Crippen molar-refractivity contribution < 1.29 is 9.53 Å². The van der Waals surface area contributed by atoms with Crippen LogP contribution in [0.4, 0.5) is 11.6 Å². The highest BCUT2D eigenvalue weighted by atomic mass is 16.5. The molecule has 0 atom stereocenters. The smallest absolute Gasteiger partial charge is 0.222 e. The summed E-state index contributed by atoms with van der Waals surface area (Å²) in [7, 11) is 1.59. The molecule has 1 saturated heterocycles. The van der Waals surface area contributed by atoms with Gasteiger partial charge in [-0.05, 0) is 18.2 Å². The van der Waals surface area contributed by atoms with Crippen molar-refractivity contribution in [1.29, 1.82) is 0 Å². The number of carbonyl (C=O) groups is 1. The van der Waals surface area contributed by atoms with Crippen LogP contribution in [0.2, 0.25) is 0 Å². The number of aromatic nitrogens is 2. The maximum atomic E-state index is 11.8. The van der Waals surface area contributed by atoms with Gasteiger partial charge in [-0.15, -0.1) is 0 Å². The first-order valence-electron chi connectivity index (χ1n) is 8.88. The fraction of sp³-hybridized carbons (Fsp3) is 0.421. The van der Waals surface area contributed by atoms with Crippen LogP contribution in [0.1, 0.15) is 12.0 Å². The molecule has 3 rings (SSSR count). The molecule has 1 aliphatic heterocycles. The highest BCUT2D eigenvalue weighted by Crippen LogP contribution is 2.20. The maximum absolute atomic E-state index is 11.8. The Balaban J connectivity index is 1.59. The average Bonchev–Trinajstić information content (AvgIpc) is 2.72. The molecule has 138 valence electrons. The van der Waals surface area contributed by atoms with E-state index >= 15 is 0 Å². The molecular weight excluding hydrogens is 330 g/mol. The lowest BCUT2D eigenvalue weighted by atomic mass is 10.2. The van der Waals surface area contributed by atoms with Gasteiger partial charge in [0.1, 0.15) is 11.6 Å². The molecule has 1 amide bonds. The second-order valence-electron chi connectivity index (χ2n) is 6.17. The number of nitrogens with zero attached hydrogens (tertiary/aromatic N) is 4. The molecule has 0 aromatic carbocycles. The third-order valence-corrected chi connectivity index (χ3v) is 4.43. The molecule has 2 aromatic heterocycles. The van der Waals surface area contributed by atoms with Crippen LogP contribution in [0.3, 0.4) is 0 Å². The summed E-state index contributed by atoms with van der Waals surface area (Å²) < 4.78 is 4.94. The maximum Gasteiger partial charge on any atom is 0.222 e. The summed E-state index contributed by atoms with van der Waals surface area (Å²) >= 11 is 0. The van der Waals surface area contributed by atoms with Crippen molar-refractivity contribution in [3.05, 3.63) is 48.3 Å². The summed E-state index contributed by atoms with van der Waals surface area (Å²) in [5, 5.41) is 2.94. The Hall–Kier alpha value is -2.67. The zero-order valence-electron chi connectivity index (χ0n) is 15.1. The summed E-state index contributed by atoms with van der Waals surface area (Å²) in [6, 6.07) is 9.91. The summed E-state index contributed by atoms with van der Waals surface area (Å²) in [6.07, 6.45) is 4.00. The number of ether oxygens (including phenoxy) is 1. The number of nitrogens with one attached hydrogen (secondary N) is 1. The lowest BCUT2D eigenvalue weighted by Gasteiger charge is -2.36. The monoisotopic (exact) mass is 355 g/mol. The highest BCUT2D eigenvalue weighted by molar-refractivity contribution is 5.76. The van der Waals surface area contributed by atoms with Gasteiger partial charge in [0, 0.05) is 64.2 Å². The van der Waals surface area contributed by atoms with Gasteiger partial charge in [0.05, 0.1) is 6.61 Å². The normalized spacial score (nSPS) is 14.3. The third kappa shape index (κ3) is 4.70. The second kappa shape index (κ2) is 9.15. The fourth-order valence-electron chi connectivity index (χ4n) is 3.02. The van der Waals surface area contributed by atoms with Crippen molar-refractivity contribution in [1.82, 2.24) is 15.3 Å². The molecule has 0 saturated carbocycles. The average molecular weight is 355 g/mol. The van der Waals surface area contributed by atoms with Gasteiger partial charge in [0.25, 0.3) is 0 Å². The minimum atomic E-state index is -0.0124. The topological polar surface area (TPSA) is 70.6 Å². The number of piperazine rings is 1. The largest absolute Gasteiger partial charge is 0.384 e. The Morgan fingerprint density at radius 2 is 1.85 bits per heavy atom. The summed E-state index contributed by atoms with van der Waals surface area (Å²) in [6.45, 7) is 4.45. The molecule has 7 heteroatoms. The number of rotatable bonds is 7. The molecule has 0 aliphatic carbocycles. The lowest BCUT2D eigenvalue weighted by Crippen LogP contribution is -2.47. The standard InChI is InChI=1S/C19H25N5O2/c1-26-14-7-18(25)22-15-16-5-4-9-21-19(16)24-12-10-23(11-13-24)17-6-2-3-8-20-17/h2-6,8-9H,7,10-15H2,1H3,(H,22,25). The van der Waals surface area contributed by atoms with Crippen LogP contribution < -0.4 is 15.1 Å².